The van der Waals surface area contributed by atoms with Crippen LogP contribution in [0.25, 0.3) is 0 Å². The third kappa shape index (κ3) is 3.27. The number of rotatable bonds is 4. The molecule has 8 heteroatoms. The first-order valence-corrected chi connectivity index (χ1v) is 6.56. The van der Waals surface area contributed by atoms with E-state index in [0.29, 0.717) is 10.0 Å². The largest absolute Gasteiger partial charge is 0.461 e. The number of carbonyl (C=O) groups is 1. The van der Waals surface area contributed by atoms with Crippen molar-refractivity contribution in [2.45, 2.75) is 13.8 Å². The van der Waals surface area contributed by atoms with Crippen LogP contribution in [-0.2, 0) is 4.74 Å². The van der Waals surface area contributed by atoms with Gasteiger partial charge in [0.1, 0.15) is 0 Å². The summed E-state index contributed by atoms with van der Waals surface area (Å²) in [5.74, 6) is -2.40. The van der Waals surface area contributed by atoms with Gasteiger partial charge in [-0.1, -0.05) is 0 Å². The molecule has 0 unspecified atom stereocenters. The maximum atomic E-state index is 13.0. The summed E-state index contributed by atoms with van der Waals surface area (Å²) in [6.45, 7) is 3.66. The van der Waals surface area contributed by atoms with E-state index in [-0.39, 0.29) is 18.0 Å². The Morgan fingerprint density at radius 2 is 2.00 bits per heavy atom. The van der Waals surface area contributed by atoms with Crippen LogP contribution in [0.1, 0.15) is 22.3 Å². The van der Waals surface area contributed by atoms with Crippen molar-refractivity contribution in [3.05, 3.63) is 34.6 Å². The van der Waals surface area contributed by atoms with Gasteiger partial charge in [0.15, 0.2) is 10.8 Å². The maximum absolute atomic E-state index is 13.0. The molecular formula is C12H11F2N3O2S. The quantitative estimate of drug-likeness (QED) is 0.694. The third-order valence-corrected chi connectivity index (χ3v) is 3.17. The van der Waals surface area contributed by atoms with E-state index in [2.05, 4.69) is 15.3 Å². The van der Waals surface area contributed by atoms with Crippen molar-refractivity contribution in [2.75, 3.05) is 11.9 Å². The lowest BCUT2D eigenvalue weighted by molar-refractivity contribution is 0.0519. The monoisotopic (exact) mass is 299 g/mol. The van der Waals surface area contributed by atoms with Crippen LogP contribution in [0.4, 0.5) is 19.6 Å². The summed E-state index contributed by atoms with van der Waals surface area (Å²) in [4.78, 5) is 19.3. The number of pyridine rings is 1. The van der Waals surface area contributed by atoms with Crippen LogP contribution in [0.2, 0.25) is 0 Å². The maximum Gasteiger partial charge on any atom is 0.358 e. The number of hydrogen-bond acceptors (Lipinski definition) is 6. The molecule has 1 N–H and O–H groups in total. The molecule has 5 nitrogen and oxygen atoms in total. The van der Waals surface area contributed by atoms with E-state index in [0.717, 1.165) is 12.1 Å². The van der Waals surface area contributed by atoms with Crippen molar-refractivity contribution in [3.8, 4) is 0 Å². The molecule has 2 aromatic heterocycles. The zero-order valence-electron chi connectivity index (χ0n) is 10.7. The second-order valence-corrected chi connectivity index (χ2v) is 4.97. The Morgan fingerprint density at radius 1 is 1.35 bits per heavy atom. The van der Waals surface area contributed by atoms with Crippen LogP contribution >= 0.6 is 11.3 Å². The van der Waals surface area contributed by atoms with Gasteiger partial charge >= 0.3 is 5.97 Å². The molecule has 0 spiro atoms. The molecule has 106 valence electrons. The van der Waals surface area contributed by atoms with Gasteiger partial charge in [0.25, 0.3) is 0 Å². The first-order chi connectivity index (χ1) is 9.49. The number of nitrogens with one attached hydrogen (secondary N) is 1. The highest BCUT2D eigenvalue weighted by Crippen LogP contribution is 2.26. The van der Waals surface area contributed by atoms with Crippen LogP contribution in [0.5, 0.6) is 0 Å². The molecule has 0 radical (unpaired) electrons. The number of aromatic nitrogens is 2. The minimum absolute atomic E-state index is 0.166. The fourth-order valence-corrected chi connectivity index (χ4v) is 2.32. The Kier molecular flexibility index (Phi) is 4.23. The molecule has 2 heterocycles. The smallest absolute Gasteiger partial charge is 0.358 e. The van der Waals surface area contributed by atoms with E-state index >= 15 is 0 Å². The average Bonchev–Trinajstić information content (AvgIpc) is 2.69. The highest BCUT2D eigenvalue weighted by atomic mass is 32.1. The van der Waals surface area contributed by atoms with Gasteiger partial charge in [0.2, 0.25) is 11.9 Å². The van der Waals surface area contributed by atoms with Crippen LogP contribution in [0, 0.1) is 18.8 Å². The van der Waals surface area contributed by atoms with Crippen LogP contribution in [0.3, 0.4) is 0 Å². The van der Waals surface area contributed by atoms with Gasteiger partial charge in [-0.05, 0) is 13.8 Å². The predicted molar refractivity (Wildman–Crippen MR) is 70.2 cm³/mol. The predicted octanol–water partition coefficient (Wildman–Crippen LogP) is 3.05. The number of anilines is 2. The number of halogens is 2. The highest BCUT2D eigenvalue weighted by Gasteiger charge is 2.16. The second kappa shape index (κ2) is 5.91. The first-order valence-electron chi connectivity index (χ1n) is 5.74. The van der Waals surface area contributed by atoms with Crippen molar-refractivity contribution >= 4 is 28.1 Å². The number of thiazole rings is 1. The SMILES string of the molecule is CCOC(=O)c1nc(Nc2cc(F)nc(F)c2)sc1C. The number of esters is 1. The summed E-state index contributed by atoms with van der Waals surface area (Å²) in [5, 5.41) is 3.07. The van der Waals surface area contributed by atoms with Crippen molar-refractivity contribution < 1.29 is 18.3 Å². The molecule has 0 aliphatic rings. The van der Waals surface area contributed by atoms with Crippen molar-refractivity contribution in [1.82, 2.24) is 9.97 Å². The van der Waals surface area contributed by atoms with Gasteiger partial charge in [0.05, 0.1) is 6.61 Å². The molecular weight excluding hydrogens is 288 g/mol. The first kappa shape index (κ1) is 14.3. The summed E-state index contributed by atoms with van der Waals surface area (Å²) >= 11 is 1.19. The molecule has 2 rings (SSSR count). The minimum atomic E-state index is -0.939. The molecule has 0 aliphatic carbocycles. The average molecular weight is 299 g/mol. The molecule has 20 heavy (non-hydrogen) atoms. The van der Waals surface area contributed by atoms with Gasteiger partial charge in [-0.2, -0.15) is 13.8 Å². The van der Waals surface area contributed by atoms with E-state index in [1.165, 1.54) is 11.3 Å². The molecule has 0 saturated carbocycles. The van der Waals surface area contributed by atoms with E-state index in [1.54, 1.807) is 13.8 Å². The van der Waals surface area contributed by atoms with Gasteiger partial charge in [-0.3, -0.25) is 0 Å². The Hall–Kier alpha value is -2.09. The van der Waals surface area contributed by atoms with E-state index in [4.69, 9.17) is 4.74 Å². The molecule has 0 atom stereocenters. The van der Waals surface area contributed by atoms with E-state index in [9.17, 15) is 13.6 Å². The van der Waals surface area contributed by atoms with Gasteiger partial charge in [-0.15, -0.1) is 11.3 Å². The standard InChI is InChI=1S/C12H11F2N3O2S/c1-3-19-11(18)10-6(2)20-12(17-10)15-7-4-8(13)16-9(14)5-7/h4-5H,3H2,1-2H3,(H,15,16,17). The molecule has 0 aromatic carbocycles. The minimum Gasteiger partial charge on any atom is -0.461 e. The zero-order chi connectivity index (χ0) is 14.7. The number of aryl methyl sites for hydroxylation is 1. The molecule has 0 fully saturated rings. The van der Waals surface area contributed by atoms with Crippen LogP contribution in [0.15, 0.2) is 12.1 Å². The summed E-state index contributed by atoms with van der Waals surface area (Å²) in [6, 6.07) is 2.06. The molecule has 0 aliphatic heterocycles. The molecule has 2 aromatic rings. The fraction of sp³-hybridized carbons (Fsp3) is 0.250. The third-order valence-electron chi connectivity index (χ3n) is 2.28. The topological polar surface area (TPSA) is 64.1 Å². The molecule has 0 amide bonds. The van der Waals surface area contributed by atoms with Crippen molar-refractivity contribution in [3.63, 3.8) is 0 Å². The fourth-order valence-electron chi connectivity index (χ4n) is 1.50. The zero-order valence-corrected chi connectivity index (χ0v) is 11.6. The number of nitrogens with zero attached hydrogens (tertiary/aromatic N) is 2. The lowest BCUT2D eigenvalue weighted by Crippen LogP contribution is -2.06. The summed E-state index contributed by atoms with van der Waals surface area (Å²) in [5.41, 5.74) is 0.355. The number of hydrogen-bond donors (Lipinski definition) is 1. The summed E-state index contributed by atoms with van der Waals surface area (Å²) in [6.07, 6.45) is 0. The van der Waals surface area contributed by atoms with E-state index in [1.807, 2.05) is 0 Å². The lowest BCUT2D eigenvalue weighted by atomic mass is 10.4. The molecule has 0 bridgehead atoms. The number of ether oxygens (including phenoxy) is 1. The second-order valence-electron chi connectivity index (χ2n) is 3.77. The molecule has 0 saturated heterocycles. The Morgan fingerprint density at radius 3 is 2.60 bits per heavy atom. The van der Waals surface area contributed by atoms with E-state index < -0.39 is 17.9 Å². The van der Waals surface area contributed by atoms with Gasteiger partial charge in [0, 0.05) is 22.7 Å². The lowest BCUT2D eigenvalue weighted by Gasteiger charge is -2.02. The van der Waals surface area contributed by atoms with Crippen molar-refractivity contribution in [2.24, 2.45) is 0 Å². The Bertz CT molecular complexity index is 625. The van der Waals surface area contributed by atoms with Gasteiger partial charge in [-0.25, -0.2) is 9.78 Å². The van der Waals surface area contributed by atoms with Crippen molar-refractivity contribution in [1.29, 1.82) is 0 Å². The normalized spacial score (nSPS) is 10.4. The van der Waals surface area contributed by atoms with Gasteiger partial charge < -0.3 is 10.1 Å². The Labute approximate surface area is 117 Å². The van der Waals surface area contributed by atoms with Crippen LogP contribution in [-0.4, -0.2) is 22.5 Å². The summed E-state index contributed by atoms with van der Waals surface area (Å²) < 4.78 is 30.8. The number of carbonyl (C=O) groups excluding carboxylic acids is 1. The highest BCUT2D eigenvalue weighted by molar-refractivity contribution is 7.15. The Balaban J connectivity index is 2.22. The van der Waals surface area contributed by atoms with Crippen LogP contribution < -0.4 is 5.32 Å². The summed E-state index contributed by atoms with van der Waals surface area (Å²) in [7, 11) is 0.